The number of nitrogens with one attached hydrogen (secondary N) is 1. The maximum atomic E-state index is 11.5. The van der Waals surface area contributed by atoms with Crippen LogP contribution in [0.3, 0.4) is 0 Å². The van der Waals surface area contributed by atoms with Gasteiger partial charge in [-0.05, 0) is 24.5 Å². The van der Waals surface area contributed by atoms with Crippen molar-refractivity contribution in [2.24, 2.45) is 0 Å². The summed E-state index contributed by atoms with van der Waals surface area (Å²) in [6, 6.07) is 7.25. The maximum absolute atomic E-state index is 11.5. The minimum atomic E-state index is -0.0619. The van der Waals surface area contributed by atoms with Gasteiger partial charge in [-0.2, -0.15) is 17.0 Å². The van der Waals surface area contributed by atoms with Gasteiger partial charge in [0.05, 0.1) is 11.3 Å². The second-order valence-electron chi connectivity index (χ2n) is 3.09. The Morgan fingerprint density at radius 3 is 3.00 bits per heavy atom. The molecule has 0 bridgehead atoms. The summed E-state index contributed by atoms with van der Waals surface area (Å²) in [5.41, 5.74) is 1.03. The number of anilines is 1. The highest BCUT2D eigenvalue weighted by Gasteiger charge is 2.06. The predicted molar refractivity (Wildman–Crippen MR) is 70.5 cm³/mol. The van der Waals surface area contributed by atoms with E-state index < -0.39 is 0 Å². The molecule has 0 saturated heterocycles. The number of hydrogen-bond acceptors (Lipinski definition) is 3. The van der Waals surface area contributed by atoms with Crippen molar-refractivity contribution in [3.8, 4) is 6.07 Å². The van der Waals surface area contributed by atoms with Crippen molar-refractivity contribution in [2.45, 2.75) is 6.42 Å². The molecule has 0 atom stereocenters. The molecule has 1 aromatic carbocycles. The summed E-state index contributed by atoms with van der Waals surface area (Å²) in [5.74, 6) is 0.720. The third kappa shape index (κ3) is 3.87. The molecule has 0 aliphatic heterocycles. The zero-order chi connectivity index (χ0) is 12.0. The van der Waals surface area contributed by atoms with E-state index in [1.165, 1.54) is 0 Å². The molecule has 0 aliphatic rings. The first-order valence-electron chi connectivity index (χ1n) is 4.66. The van der Waals surface area contributed by atoms with Gasteiger partial charge in [0.2, 0.25) is 5.91 Å². The highest BCUT2D eigenvalue weighted by atomic mass is 79.9. The first kappa shape index (κ1) is 13.1. The molecule has 0 aromatic heterocycles. The van der Waals surface area contributed by atoms with Crippen molar-refractivity contribution in [1.29, 1.82) is 5.26 Å². The second kappa shape index (κ2) is 6.56. The Labute approximate surface area is 107 Å². The van der Waals surface area contributed by atoms with Crippen molar-refractivity contribution in [3.63, 3.8) is 0 Å². The first-order chi connectivity index (χ1) is 7.67. The van der Waals surface area contributed by atoms with Crippen molar-refractivity contribution >= 4 is 39.3 Å². The van der Waals surface area contributed by atoms with E-state index in [0.29, 0.717) is 17.7 Å². The van der Waals surface area contributed by atoms with Crippen LogP contribution in [0.15, 0.2) is 22.7 Å². The molecule has 0 fully saturated rings. The second-order valence-corrected chi connectivity index (χ2v) is 4.99. The summed E-state index contributed by atoms with van der Waals surface area (Å²) in [6.07, 6.45) is 2.41. The fourth-order valence-corrected chi connectivity index (χ4v) is 1.88. The number of nitrogens with zero attached hydrogens (tertiary/aromatic N) is 1. The molecule has 16 heavy (non-hydrogen) atoms. The van der Waals surface area contributed by atoms with Crippen LogP contribution in [0.5, 0.6) is 0 Å². The van der Waals surface area contributed by atoms with Gasteiger partial charge in [-0.15, -0.1) is 0 Å². The van der Waals surface area contributed by atoms with Crippen molar-refractivity contribution in [2.75, 3.05) is 17.3 Å². The van der Waals surface area contributed by atoms with Crippen LogP contribution in [0.4, 0.5) is 5.69 Å². The average molecular weight is 299 g/mol. The topological polar surface area (TPSA) is 52.9 Å². The molecule has 0 radical (unpaired) electrons. The molecule has 5 heteroatoms. The largest absolute Gasteiger partial charge is 0.325 e. The Hall–Kier alpha value is -0.990. The Morgan fingerprint density at radius 2 is 2.38 bits per heavy atom. The molecule has 1 rings (SSSR count). The highest BCUT2D eigenvalue weighted by Crippen LogP contribution is 2.20. The summed E-state index contributed by atoms with van der Waals surface area (Å²) in [7, 11) is 0. The van der Waals surface area contributed by atoms with Crippen LogP contribution in [0.25, 0.3) is 0 Å². The van der Waals surface area contributed by atoms with Crippen LogP contribution in [0, 0.1) is 11.3 Å². The van der Waals surface area contributed by atoms with Crippen molar-refractivity contribution in [1.82, 2.24) is 0 Å². The van der Waals surface area contributed by atoms with Gasteiger partial charge >= 0.3 is 0 Å². The van der Waals surface area contributed by atoms with Crippen LogP contribution in [0.1, 0.15) is 12.0 Å². The monoisotopic (exact) mass is 298 g/mol. The number of carbonyl (C=O) groups excluding carboxylic acids is 1. The van der Waals surface area contributed by atoms with Gasteiger partial charge in [-0.1, -0.05) is 15.9 Å². The molecule has 1 aromatic rings. The zero-order valence-corrected chi connectivity index (χ0v) is 11.2. The van der Waals surface area contributed by atoms with Gasteiger partial charge in [-0.3, -0.25) is 4.79 Å². The van der Waals surface area contributed by atoms with Gasteiger partial charge in [-0.25, -0.2) is 0 Å². The van der Waals surface area contributed by atoms with Gasteiger partial charge in [0.15, 0.2) is 0 Å². The lowest BCUT2D eigenvalue weighted by Crippen LogP contribution is -2.13. The Kier molecular flexibility index (Phi) is 5.36. The SMILES string of the molecule is CSCCC(=O)Nc1ccc(Br)cc1C#N. The van der Waals surface area contributed by atoms with E-state index >= 15 is 0 Å². The number of benzene rings is 1. The number of rotatable bonds is 4. The molecule has 0 saturated carbocycles. The van der Waals surface area contributed by atoms with Crippen LogP contribution < -0.4 is 5.32 Å². The maximum Gasteiger partial charge on any atom is 0.225 e. The number of thioether (sulfide) groups is 1. The van der Waals surface area contributed by atoms with E-state index in [2.05, 4.69) is 21.2 Å². The summed E-state index contributed by atoms with van der Waals surface area (Å²) in [5, 5.41) is 11.6. The molecule has 1 amide bonds. The molecule has 84 valence electrons. The Balaban J connectivity index is 2.74. The van der Waals surface area contributed by atoms with Gasteiger partial charge in [0.25, 0.3) is 0 Å². The van der Waals surface area contributed by atoms with E-state index in [0.717, 1.165) is 10.2 Å². The van der Waals surface area contributed by atoms with Crippen LogP contribution in [-0.2, 0) is 4.79 Å². The fraction of sp³-hybridized carbons (Fsp3) is 0.273. The lowest BCUT2D eigenvalue weighted by Gasteiger charge is -2.06. The standard InChI is InChI=1S/C11H11BrN2OS/c1-16-5-4-11(15)14-10-3-2-9(12)6-8(10)7-13/h2-3,6H,4-5H2,1H3,(H,14,15). The molecule has 0 heterocycles. The predicted octanol–water partition coefficient (Wildman–Crippen LogP) is 3.01. The lowest BCUT2D eigenvalue weighted by molar-refractivity contribution is -0.115. The van der Waals surface area contributed by atoms with Crippen LogP contribution >= 0.6 is 27.7 Å². The molecule has 0 unspecified atom stereocenters. The first-order valence-corrected chi connectivity index (χ1v) is 6.84. The summed E-state index contributed by atoms with van der Waals surface area (Å²) in [4.78, 5) is 11.5. The third-order valence-electron chi connectivity index (χ3n) is 1.91. The van der Waals surface area contributed by atoms with Crippen LogP contribution in [0.2, 0.25) is 0 Å². The molecular weight excluding hydrogens is 288 g/mol. The highest BCUT2D eigenvalue weighted by molar-refractivity contribution is 9.10. The molecule has 0 aliphatic carbocycles. The van der Waals surface area contributed by atoms with Crippen molar-refractivity contribution < 1.29 is 4.79 Å². The number of carbonyl (C=O) groups is 1. The molecular formula is C11H11BrN2OS. The zero-order valence-electron chi connectivity index (χ0n) is 8.79. The van der Waals surface area contributed by atoms with Crippen LogP contribution in [-0.4, -0.2) is 17.9 Å². The van der Waals surface area contributed by atoms with E-state index in [1.54, 1.807) is 30.0 Å². The average Bonchev–Trinajstić information content (AvgIpc) is 2.28. The molecule has 0 spiro atoms. The molecule has 3 nitrogen and oxygen atoms in total. The Bertz CT molecular complexity index is 428. The number of amides is 1. The van der Waals surface area contributed by atoms with Gasteiger partial charge < -0.3 is 5.32 Å². The van der Waals surface area contributed by atoms with E-state index in [1.807, 2.05) is 12.3 Å². The quantitative estimate of drug-likeness (QED) is 0.930. The summed E-state index contributed by atoms with van der Waals surface area (Å²) in [6.45, 7) is 0. The van der Waals surface area contributed by atoms with Gasteiger partial charge in [0.1, 0.15) is 6.07 Å². The minimum Gasteiger partial charge on any atom is -0.325 e. The van der Waals surface area contributed by atoms with E-state index in [4.69, 9.17) is 5.26 Å². The van der Waals surface area contributed by atoms with E-state index in [9.17, 15) is 4.79 Å². The fourth-order valence-electron chi connectivity index (χ4n) is 1.13. The summed E-state index contributed by atoms with van der Waals surface area (Å²) >= 11 is 4.90. The van der Waals surface area contributed by atoms with Crippen molar-refractivity contribution in [3.05, 3.63) is 28.2 Å². The Morgan fingerprint density at radius 1 is 1.62 bits per heavy atom. The number of nitriles is 1. The summed E-state index contributed by atoms with van der Waals surface area (Å²) < 4.78 is 0.825. The number of hydrogen-bond donors (Lipinski definition) is 1. The van der Waals surface area contributed by atoms with E-state index in [-0.39, 0.29) is 5.91 Å². The third-order valence-corrected chi connectivity index (χ3v) is 3.02. The lowest BCUT2D eigenvalue weighted by atomic mass is 10.2. The molecule has 1 N–H and O–H groups in total. The smallest absolute Gasteiger partial charge is 0.225 e. The normalized spacial score (nSPS) is 9.56. The number of halogens is 1. The van der Waals surface area contributed by atoms with Gasteiger partial charge in [0, 0.05) is 16.6 Å². The minimum absolute atomic E-state index is 0.0619.